The van der Waals surface area contributed by atoms with E-state index in [0.29, 0.717) is 5.56 Å². The molecule has 3 aromatic rings. The van der Waals surface area contributed by atoms with E-state index in [1.54, 1.807) is 6.20 Å². The number of nitrogens with zero attached hydrogens (tertiary/aromatic N) is 5. The van der Waals surface area contributed by atoms with Crippen molar-refractivity contribution in [2.24, 2.45) is 0 Å². The topological polar surface area (TPSA) is 62.2 Å². The van der Waals surface area contributed by atoms with E-state index < -0.39 is 0 Å². The summed E-state index contributed by atoms with van der Waals surface area (Å²) >= 11 is 0. The lowest BCUT2D eigenvalue weighted by Gasteiger charge is -2.44. The molecule has 3 heterocycles. The van der Waals surface area contributed by atoms with Crippen molar-refractivity contribution in [3.63, 3.8) is 0 Å². The number of carbonyl (C=O) groups is 1. The zero-order valence-corrected chi connectivity index (χ0v) is 16.8. The fourth-order valence-electron chi connectivity index (χ4n) is 3.36. The summed E-state index contributed by atoms with van der Waals surface area (Å²) in [6.45, 7) is 7.90. The molecule has 1 aliphatic rings. The van der Waals surface area contributed by atoms with Gasteiger partial charge < -0.3 is 9.80 Å². The molecule has 6 heteroatoms. The minimum atomic E-state index is -0.00890. The standard InChI is InChI=1S/C22H25N5O/c1-22(2,3)19-9-10-20(25-24-19)27-13-17(14-27)26(4)21(28)16-7-8-18-15(12-16)6-5-11-23-18/h5-12,17H,13-14H2,1-4H3. The van der Waals surface area contributed by atoms with Crippen LogP contribution >= 0.6 is 0 Å². The van der Waals surface area contributed by atoms with Crippen LogP contribution in [0.4, 0.5) is 5.82 Å². The Hall–Kier alpha value is -3.02. The maximum Gasteiger partial charge on any atom is 0.253 e. The third-order valence-corrected chi connectivity index (χ3v) is 5.32. The summed E-state index contributed by atoms with van der Waals surface area (Å²) in [6, 6.07) is 13.7. The molecular weight excluding hydrogens is 350 g/mol. The Morgan fingerprint density at radius 1 is 1.11 bits per heavy atom. The Bertz CT molecular complexity index is 1000. The lowest BCUT2D eigenvalue weighted by atomic mass is 9.92. The van der Waals surface area contributed by atoms with E-state index >= 15 is 0 Å². The Morgan fingerprint density at radius 2 is 1.89 bits per heavy atom. The van der Waals surface area contributed by atoms with Crippen LogP contribution in [0.2, 0.25) is 0 Å². The highest BCUT2D eigenvalue weighted by atomic mass is 16.2. The van der Waals surface area contributed by atoms with Gasteiger partial charge in [-0.05, 0) is 36.4 Å². The van der Waals surface area contributed by atoms with Crippen LogP contribution in [0.25, 0.3) is 10.9 Å². The van der Waals surface area contributed by atoms with E-state index in [2.05, 4.69) is 40.9 Å². The second kappa shape index (κ2) is 6.86. The van der Waals surface area contributed by atoms with E-state index in [0.717, 1.165) is 35.5 Å². The SMILES string of the molecule is CN(C(=O)c1ccc2ncccc2c1)C1CN(c2ccc(C(C)(C)C)nn2)C1. The molecule has 0 radical (unpaired) electrons. The van der Waals surface area contributed by atoms with Crippen molar-refractivity contribution in [3.8, 4) is 0 Å². The van der Waals surface area contributed by atoms with E-state index in [4.69, 9.17) is 0 Å². The molecule has 0 saturated carbocycles. The summed E-state index contributed by atoms with van der Waals surface area (Å²) in [7, 11) is 1.87. The summed E-state index contributed by atoms with van der Waals surface area (Å²) in [5.74, 6) is 0.895. The van der Waals surface area contributed by atoms with Gasteiger partial charge in [-0.1, -0.05) is 26.8 Å². The van der Waals surface area contributed by atoms with Gasteiger partial charge in [0.15, 0.2) is 5.82 Å². The van der Waals surface area contributed by atoms with Crippen molar-refractivity contribution in [1.82, 2.24) is 20.1 Å². The van der Waals surface area contributed by atoms with Gasteiger partial charge in [0.25, 0.3) is 5.91 Å². The minimum absolute atomic E-state index is 0.00890. The zero-order chi connectivity index (χ0) is 19.9. The molecule has 2 aromatic heterocycles. The second-order valence-electron chi connectivity index (χ2n) is 8.41. The normalized spacial score (nSPS) is 14.8. The molecule has 4 rings (SSSR count). The first-order valence-corrected chi connectivity index (χ1v) is 9.54. The maximum atomic E-state index is 12.9. The molecule has 1 amide bonds. The lowest BCUT2D eigenvalue weighted by molar-refractivity contribution is 0.0705. The molecular formula is C22H25N5O. The number of pyridine rings is 1. The van der Waals surface area contributed by atoms with Gasteiger partial charge in [-0.25, -0.2) is 0 Å². The fraction of sp³-hybridized carbons (Fsp3) is 0.364. The van der Waals surface area contributed by atoms with Crippen LogP contribution in [0.3, 0.4) is 0 Å². The number of carbonyl (C=O) groups excluding carboxylic acids is 1. The quantitative estimate of drug-likeness (QED) is 0.703. The smallest absolute Gasteiger partial charge is 0.253 e. The number of hydrogen-bond acceptors (Lipinski definition) is 5. The number of likely N-dealkylation sites (N-methyl/N-ethyl adjacent to an activating group) is 1. The van der Waals surface area contributed by atoms with E-state index in [-0.39, 0.29) is 17.4 Å². The Kier molecular flexibility index (Phi) is 4.49. The van der Waals surface area contributed by atoms with Gasteiger partial charge in [0.1, 0.15) is 0 Å². The highest BCUT2D eigenvalue weighted by molar-refractivity contribution is 5.98. The molecule has 144 valence electrons. The largest absolute Gasteiger partial charge is 0.351 e. The van der Waals surface area contributed by atoms with Crippen LogP contribution in [0.1, 0.15) is 36.8 Å². The monoisotopic (exact) mass is 375 g/mol. The molecule has 0 N–H and O–H groups in total. The fourth-order valence-corrected chi connectivity index (χ4v) is 3.36. The van der Waals surface area contributed by atoms with Crippen molar-refractivity contribution in [1.29, 1.82) is 0 Å². The van der Waals surface area contributed by atoms with Gasteiger partial charge in [-0.15, -0.1) is 5.10 Å². The third-order valence-electron chi connectivity index (χ3n) is 5.32. The zero-order valence-electron chi connectivity index (χ0n) is 16.8. The molecule has 0 aliphatic carbocycles. The first-order chi connectivity index (χ1) is 13.3. The number of benzene rings is 1. The number of fused-ring (bicyclic) bond motifs is 1. The van der Waals surface area contributed by atoms with Crippen LogP contribution < -0.4 is 4.90 Å². The van der Waals surface area contributed by atoms with E-state index in [1.807, 2.05) is 54.4 Å². The van der Waals surface area contributed by atoms with Crippen molar-refractivity contribution >= 4 is 22.6 Å². The molecule has 0 unspecified atom stereocenters. The van der Waals surface area contributed by atoms with Gasteiger partial charge in [0.2, 0.25) is 0 Å². The average molecular weight is 375 g/mol. The molecule has 28 heavy (non-hydrogen) atoms. The van der Waals surface area contributed by atoms with Gasteiger partial charge in [-0.2, -0.15) is 5.10 Å². The van der Waals surface area contributed by atoms with Crippen LogP contribution in [0.5, 0.6) is 0 Å². The Morgan fingerprint density at radius 3 is 2.57 bits per heavy atom. The highest BCUT2D eigenvalue weighted by Crippen LogP contribution is 2.25. The van der Waals surface area contributed by atoms with Gasteiger partial charge >= 0.3 is 0 Å². The van der Waals surface area contributed by atoms with Gasteiger partial charge in [-0.3, -0.25) is 9.78 Å². The molecule has 1 fully saturated rings. The van der Waals surface area contributed by atoms with Crippen LogP contribution in [0, 0.1) is 0 Å². The first kappa shape index (κ1) is 18.3. The van der Waals surface area contributed by atoms with Gasteiger partial charge in [0, 0.05) is 42.7 Å². The molecule has 1 saturated heterocycles. The Labute approximate surface area is 165 Å². The molecule has 0 spiro atoms. The van der Waals surface area contributed by atoms with Gasteiger partial charge in [0.05, 0.1) is 17.3 Å². The number of hydrogen-bond donors (Lipinski definition) is 0. The molecule has 1 aliphatic heterocycles. The Balaban J connectivity index is 1.41. The summed E-state index contributed by atoms with van der Waals surface area (Å²) in [6.07, 6.45) is 1.76. The summed E-state index contributed by atoms with van der Waals surface area (Å²) in [5, 5.41) is 9.70. The minimum Gasteiger partial charge on any atom is -0.351 e. The predicted molar refractivity (Wildman–Crippen MR) is 111 cm³/mol. The van der Waals surface area contributed by atoms with Crippen molar-refractivity contribution in [2.75, 3.05) is 25.0 Å². The van der Waals surface area contributed by atoms with Crippen molar-refractivity contribution < 1.29 is 4.79 Å². The van der Waals surface area contributed by atoms with Crippen LogP contribution in [0.15, 0.2) is 48.7 Å². The predicted octanol–water partition coefficient (Wildman–Crippen LogP) is 3.28. The number of amides is 1. The van der Waals surface area contributed by atoms with E-state index in [9.17, 15) is 4.79 Å². The van der Waals surface area contributed by atoms with E-state index in [1.165, 1.54) is 0 Å². The summed E-state index contributed by atoms with van der Waals surface area (Å²) in [4.78, 5) is 21.2. The molecule has 0 bridgehead atoms. The lowest BCUT2D eigenvalue weighted by Crippen LogP contribution is -2.60. The summed E-state index contributed by atoms with van der Waals surface area (Å²) in [5.41, 5.74) is 2.56. The molecule has 1 aromatic carbocycles. The maximum absolute atomic E-state index is 12.9. The highest BCUT2D eigenvalue weighted by Gasteiger charge is 2.34. The number of anilines is 1. The third kappa shape index (κ3) is 3.42. The van der Waals surface area contributed by atoms with Crippen molar-refractivity contribution in [2.45, 2.75) is 32.2 Å². The summed E-state index contributed by atoms with van der Waals surface area (Å²) < 4.78 is 0. The number of rotatable bonds is 3. The molecule has 6 nitrogen and oxygen atoms in total. The molecule has 0 atom stereocenters. The van der Waals surface area contributed by atoms with Crippen LogP contribution in [-0.2, 0) is 5.41 Å². The average Bonchev–Trinajstić information content (AvgIpc) is 2.65. The van der Waals surface area contributed by atoms with Crippen molar-refractivity contribution in [3.05, 3.63) is 59.9 Å². The second-order valence-corrected chi connectivity index (χ2v) is 8.41. The number of aromatic nitrogens is 3. The van der Waals surface area contributed by atoms with Crippen LogP contribution in [-0.4, -0.2) is 52.2 Å². The first-order valence-electron chi connectivity index (χ1n) is 9.54.